The summed E-state index contributed by atoms with van der Waals surface area (Å²) < 4.78 is 5.84. The summed E-state index contributed by atoms with van der Waals surface area (Å²) in [4.78, 5) is 2.44. The van der Waals surface area contributed by atoms with Crippen molar-refractivity contribution in [2.75, 3.05) is 29.9 Å². The van der Waals surface area contributed by atoms with Crippen LogP contribution >= 0.6 is 0 Å². The topological polar surface area (TPSA) is 50.5 Å². The number of nitrogens with one attached hydrogen (secondary N) is 1. The molecule has 4 nitrogen and oxygen atoms in total. The summed E-state index contributed by atoms with van der Waals surface area (Å²) in [6.07, 6.45) is 5.47. The molecule has 24 heavy (non-hydrogen) atoms. The summed E-state index contributed by atoms with van der Waals surface area (Å²) in [6.45, 7) is 9.52. The van der Waals surface area contributed by atoms with Gasteiger partial charge in [-0.3, -0.25) is 0 Å². The highest BCUT2D eigenvalue weighted by molar-refractivity contribution is 5.60. The average molecular weight is 332 g/mol. The number of hydrogen-bond donors (Lipinski definition) is 2. The predicted octanol–water partition coefficient (Wildman–Crippen LogP) is 3.54. The summed E-state index contributed by atoms with van der Waals surface area (Å²) in [7, 11) is 0. The molecular weight excluding hydrogens is 298 g/mol. The van der Waals surface area contributed by atoms with E-state index in [4.69, 9.17) is 10.5 Å². The molecule has 3 rings (SSSR count). The first-order valence-electron chi connectivity index (χ1n) is 9.51. The zero-order valence-electron chi connectivity index (χ0n) is 15.4. The fraction of sp³-hybridized carbons (Fsp3) is 0.700. The summed E-state index contributed by atoms with van der Waals surface area (Å²) in [5.41, 5.74) is 9.90. The van der Waals surface area contributed by atoms with E-state index >= 15 is 0 Å². The Hall–Kier alpha value is -1.26. The van der Waals surface area contributed by atoms with Gasteiger partial charge in [-0.15, -0.1) is 0 Å². The molecule has 1 saturated carbocycles. The Balaban J connectivity index is 1.58. The largest absolute Gasteiger partial charge is 0.385 e. The first kappa shape index (κ1) is 17.6. The fourth-order valence-electron chi connectivity index (χ4n) is 4.08. The van der Waals surface area contributed by atoms with Crippen LogP contribution in [-0.4, -0.2) is 37.9 Å². The highest BCUT2D eigenvalue weighted by atomic mass is 16.5. The molecule has 2 atom stereocenters. The molecule has 0 unspecified atom stereocenters. The van der Waals surface area contributed by atoms with Crippen molar-refractivity contribution in [3.8, 4) is 0 Å². The number of morpholine rings is 1. The highest BCUT2D eigenvalue weighted by Crippen LogP contribution is 2.27. The third-order valence-electron chi connectivity index (χ3n) is 5.47. The van der Waals surface area contributed by atoms with Crippen LogP contribution < -0.4 is 16.0 Å². The van der Waals surface area contributed by atoms with Crippen LogP contribution in [0.25, 0.3) is 0 Å². The highest BCUT2D eigenvalue weighted by Gasteiger charge is 2.23. The number of nitrogens with zero attached hydrogens (tertiary/aromatic N) is 1. The first-order valence-corrected chi connectivity index (χ1v) is 9.51. The number of anilines is 2. The van der Waals surface area contributed by atoms with Crippen LogP contribution in [0.15, 0.2) is 18.2 Å². The van der Waals surface area contributed by atoms with E-state index in [1.807, 2.05) is 0 Å². The van der Waals surface area contributed by atoms with E-state index in [0.29, 0.717) is 18.2 Å². The Bertz CT molecular complexity index is 530. The van der Waals surface area contributed by atoms with E-state index in [0.717, 1.165) is 25.6 Å². The van der Waals surface area contributed by atoms with Gasteiger partial charge in [-0.05, 0) is 76.1 Å². The minimum atomic E-state index is 0.296. The number of nitrogens with two attached hydrogens (primary N) is 1. The number of aryl methyl sites for hydroxylation is 1. The Labute approximate surface area is 146 Å². The molecule has 1 aliphatic heterocycles. The third kappa shape index (κ3) is 4.42. The van der Waals surface area contributed by atoms with Crippen LogP contribution in [0, 0.1) is 12.8 Å². The van der Waals surface area contributed by atoms with E-state index < -0.39 is 0 Å². The van der Waals surface area contributed by atoms with Crippen LogP contribution in [0.3, 0.4) is 0 Å². The fourth-order valence-corrected chi connectivity index (χ4v) is 4.08. The second kappa shape index (κ2) is 7.75. The van der Waals surface area contributed by atoms with Crippen molar-refractivity contribution in [1.82, 2.24) is 0 Å². The normalized spacial score (nSPS) is 31.1. The Kier molecular flexibility index (Phi) is 5.67. The lowest BCUT2D eigenvalue weighted by molar-refractivity contribution is -0.00521. The third-order valence-corrected chi connectivity index (χ3v) is 5.47. The molecule has 4 heteroatoms. The van der Waals surface area contributed by atoms with Gasteiger partial charge in [-0.1, -0.05) is 0 Å². The van der Waals surface area contributed by atoms with Gasteiger partial charge in [-0.2, -0.15) is 0 Å². The van der Waals surface area contributed by atoms with E-state index in [1.165, 1.54) is 42.6 Å². The minimum Gasteiger partial charge on any atom is -0.385 e. The summed E-state index contributed by atoms with van der Waals surface area (Å²) in [5.74, 6) is 0.768. The van der Waals surface area contributed by atoms with Gasteiger partial charge in [0.15, 0.2) is 0 Å². The molecule has 2 aliphatic rings. The Morgan fingerprint density at radius 1 is 1.12 bits per heavy atom. The van der Waals surface area contributed by atoms with Crippen LogP contribution in [0.1, 0.15) is 45.1 Å². The second-order valence-corrected chi connectivity index (χ2v) is 7.82. The Morgan fingerprint density at radius 2 is 1.79 bits per heavy atom. The molecule has 1 aliphatic carbocycles. The van der Waals surface area contributed by atoms with Crippen molar-refractivity contribution >= 4 is 11.4 Å². The zero-order chi connectivity index (χ0) is 17.1. The molecule has 0 bridgehead atoms. The molecular formula is C20H33N3O. The van der Waals surface area contributed by atoms with E-state index in [9.17, 15) is 0 Å². The van der Waals surface area contributed by atoms with Crippen LogP contribution in [0.4, 0.5) is 11.4 Å². The minimum absolute atomic E-state index is 0.296. The van der Waals surface area contributed by atoms with Gasteiger partial charge < -0.3 is 20.7 Å². The maximum atomic E-state index is 6.00. The van der Waals surface area contributed by atoms with Crippen molar-refractivity contribution in [2.45, 2.75) is 64.7 Å². The van der Waals surface area contributed by atoms with Crippen molar-refractivity contribution in [1.29, 1.82) is 0 Å². The number of hydrogen-bond acceptors (Lipinski definition) is 4. The summed E-state index contributed by atoms with van der Waals surface area (Å²) >= 11 is 0. The molecule has 0 spiro atoms. The molecule has 134 valence electrons. The van der Waals surface area contributed by atoms with E-state index in [2.05, 4.69) is 49.2 Å². The van der Waals surface area contributed by atoms with Gasteiger partial charge in [0.25, 0.3) is 0 Å². The smallest absolute Gasteiger partial charge is 0.0726 e. The van der Waals surface area contributed by atoms with Crippen LogP contribution in [0.5, 0.6) is 0 Å². The number of benzene rings is 1. The monoisotopic (exact) mass is 331 g/mol. The molecule has 0 radical (unpaired) electrons. The summed E-state index contributed by atoms with van der Waals surface area (Å²) in [6, 6.07) is 7.23. The van der Waals surface area contributed by atoms with Crippen molar-refractivity contribution in [3.63, 3.8) is 0 Å². The van der Waals surface area contributed by atoms with Gasteiger partial charge in [0.1, 0.15) is 0 Å². The molecule has 1 aromatic rings. The van der Waals surface area contributed by atoms with Crippen molar-refractivity contribution in [3.05, 3.63) is 23.8 Å². The number of rotatable bonds is 4. The molecule has 2 fully saturated rings. The number of ether oxygens (including phenoxy) is 1. The molecule has 1 heterocycles. The lowest BCUT2D eigenvalue weighted by Crippen LogP contribution is -2.45. The quantitative estimate of drug-likeness (QED) is 0.886. The van der Waals surface area contributed by atoms with Crippen molar-refractivity contribution < 1.29 is 4.74 Å². The van der Waals surface area contributed by atoms with Gasteiger partial charge in [0, 0.05) is 37.1 Å². The van der Waals surface area contributed by atoms with Gasteiger partial charge in [0.05, 0.1) is 12.2 Å². The zero-order valence-corrected chi connectivity index (χ0v) is 15.4. The van der Waals surface area contributed by atoms with E-state index in [1.54, 1.807) is 0 Å². The second-order valence-electron chi connectivity index (χ2n) is 7.82. The molecule has 3 N–H and O–H groups in total. The first-order chi connectivity index (χ1) is 11.5. The lowest BCUT2D eigenvalue weighted by Gasteiger charge is -2.37. The van der Waals surface area contributed by atoms with Crippen LogP contribution in [-0.2, 0) is 4.74 Å². The SMILES string of the molecule is Cc1cc(N2C[C@@H](C)O[C@@H](C)C2)ccc1NCC1CCC(N)CC1. The molecule has 0 amide bonds. The van der Waals surface area contributed by atoms with Crippen molar-refractivity contribution in [2.24, 2.45) is 11.7 Å². The maximum absolute atomic E-state index is 6.00. The molecule has 1 aromatic carbocycles. The molecule has 1 saturated heterocycles. The van der Waals surface area contributed by atoms with E-state index in [-0.39, 0.29) is 0 Å². The summed E-state index contributed by atoms with van der Waals surface area (Å²) in [5, 5.41) is 3.66. The average Bonchev–Trinajstić information content (AvgIpc) is 2.54. The van der Waals surface area contributed by atoms with Gasteiger partial charge >= 0.3 is 0 Å². The van der Waals surface area contributed by atoms with Gasteiger partial charge in [0.2, 0.25) is 0 Å². The molecule has 0 aromatic heterocycles. The van der Waals surface area contributed by atoms with Crippen LogP contribution in [0.2, 0.25) is 0 Å². The Morgan fingerprint density at radius 3 is 2.42 bits per heavy atom. The predicted molar refractivity (Wildman–Crippen MR) is 102 cm³/mol. The maximum Gasteiger partial charge on any atom is 0.0726 e. The van der Waals surface area contributed by atoms with Gasteiger partial charge in [-0.25, -0.2) is 0 Å². The standard InChI is InChI=1S/C20H33N3O/c1-14-10-19(23-12-15(2)24-16(3)13-23)8-9-20(14)22-11-17-4-6-18(21)7-5-17/h8-10,15-18,22H,4-7,11-13,21H2,1-3H3/t15-,16+,17?,18?. The lowest BCUT2D eigenvalue weighted by atomic mass is 9.86.